The molecule has 0 aliphatic carbocycles. The average molecular weight is 269 g/mol. The van der Waals surface area contributed by atoms with Crippen LogP contribution in [-0.4, -0.2) is 75.4 Å². The van der Waals surface area contributed by atoms with Gasteiger partial charge in [-0.05, 0) is 51.9 Å². The predicted molar refractivity (Wildman–Crippen MR) is 79.6 cm³/mol. The van der Waals surface area contributed by atoms with Crippen molar-refractivity contribution >= 4 is 0 Å². The second kappa shape index (κ2) is 8.90. The summed E-state index contributed by atoms with van der Waals surface area (Å²) in [5, 5.41) is 3.51. The lowest BCUT2D eigenvalue weighted by Crippen LogP contribution is -2.41. The highest BCUT2D eigenvalue weighted by Gasteiger charge is 2.27. The van der Waals surface area contributed by atoms with Gasteiger partial charge >= 0.3 is 0 Å². The molecule has 2 rings (SSSR count). The molecule has 0 radical (unpaired) electrons. The highest BCUT2D eigenvalue weighted by Crippen LogP contribution is 2.19. The molecule has 4 nitrogen and oxygen atoms in total. The van der Waals surface area contributed by atoms with Crippen LogP contribution in [0.4, 0.5) is 0 Å². The first-order chi connectivity index (χ1) is 9.40. The Morgan fingerprint density at radius 3 is 2.74 bits per heavy atom. The van der Waals surface area contributed by atoms with Crippen LogP contribution < -0.4 is 5.32 Å². The molecule has 0 bridgehead atoms. The molecule has 0 amide bonds. The van der Waals surface area contributed by atoms with Crippen molar-refractivity contribution in [3.05, 3.63) is 0 Å². The van der Waals surface area contributed by atoms with Gasteiger partial charge in [0.05, 0.1) is 0 Å². The van der Waals surface area contributed by atoms with Crippen LogP contribution in [0.3, 0.4) is 0 Å². The van der Waals surface area contributed by atoms with E-state index >= 15 is 0 Å². The lowest BCUT2D eigenvalue weighted by Gasteiger charge is -2.32. The molecule has 1 atom stereocenters. The molecule has 19 heavy (non-hydrogen) atoms. The Kier molecular flexibility index (Phi) is 7.14. The molecule has 2 fully saturated rings. The maximum absolute atomic E-state index is 5.05. The number of hydrogen-bond acceptors (Lipinski definition) is 4. The third kappa shape index (κ3) is 5.38. The van der Waals surface area contributed by atoms with Crippen LogP contribution in [-0.2, 0) is 4.74 Å². The normalized spacial score (nSPS) is 26.1. The molecule has 0 aromatic rings. The highest BCUT2D eigenvalue weighted by atomic mass is 16.5. The number of piperidine rings is 1. The summed E-state index contributed by atoms with van der Waals surface area (Å²) in [6, 6.07) is 0.841. The third-order valence-electron chi connectivity index (χ3n) is 4.46. The van der Waals surface area contributed by atoms with Crippen molar-refractivity contribution in [2.45, 2.75) is 38.1 Å². The van der Waals surface area contributed by atoms with Crippen molar-refractivity contribution in [1.82, 2.24) is 15.1 Å². The van der Waals surface area contributed by atoms with Gasteiger partial charge < -0.3 is 15.0 Å². The first-order valence-corrected chi connectivity index (χ1v) is 8.06. The zero-order chi connectivity index (χ0) is 13.3. The van der Waals surface area contributed by atoms with Crippen molar-refractivity contribution in [2.24, 2.45) is 0 Å². The smallest absolute Gasteiger partial charge is 0.0474 e. The second-order valence-corrected chi connectivity index (χ2v) is 5.94. The number of methoxy groups -OCH3 is 1. The quantitative estimate of drug-likeness (QED) is 0.670. The molecular formula is C15H31N3O. The van der Waals surface area contributed by atoms with E-state index in [1.165, 1.54) is 58.4 Å². The van der Waals surface area contributed by atoms with E-state index in [2.05, 4.69) is 15.1 Å². The van der Waals surface area contributed by atoms with Gasteiger partial charge in [0.25, 0.3) is 0 Å². The first-order valence-electron chi connectivity index (χ1n) is 8.06. The molecule has 4 heteroatoms. The zero-order valence-corrected chi connectivity index (χ0v) is 12.6. The van der Waals surface area contributed by atoms with Gasteiger partial charge in [-0.15, -0.1) is 0 Å². The Hall–Kier alpha value is -0.160. The summed E-state index contributed by atoms with van der Waals surface area (Å²) < 4.78 is 5.05. The Morgan fingerprint density at radius 2 is 1.95 bits per heavy atom. The number of nitrogens with zero attached hydrogens (tertiary/aromatic N) is 2. The second-order valence-electron chi connectivity index (χ2n) is 5.94. The lowest BCUT2D eigenvalue weighted by atomic mass is 10.1. The maximum Gasteiger partial charge on any atom is 0.0474 e. The highest BCUT2D eigenvalue weighted by molar-refractivity contribution is 4.84. The van der Waals surface area contributed by atoms with Crippen molar-refractivity contribution in [3.63, 3.8) is 0 Å². The molecule has 2 heterocycles. The first kappa shape index (κ1) is 15.2. The SMILES string of the molecule is COCCCNCCN1CCC(N2CCCCC2)C1. The molecular weight excluding hydrogens is 238 g/mol. The van der Waals surface area contributed by atoms with Crippen molar-refractivity contribution in [3.8, 4) is 0 Å². The summed E-state index contributed by atoms with van der Waals surface area (Å²) >= 11 is 0. The van der Waals surface area contributed by atoms with Crippen molar-refractivity contribution in [2.75, 3.05) is 59.5 Å². The van der Waals surface area contributed by atoms with E-state index in [9.17, 15) is 0 Å². The molecule has 1 N–H and O–H groups in total. The monoisotopic (exact) mass is 269 g/mol. The molecule has 112 valence electrons. The van der Waals surface area contributed by atoms with E-state index in [0.717, 1.165) is 32.2 Å². The topological polar surface area (TPSA) is 27.7 Å². The minimum atomic E-state index is 0.841. The zero-order valence-electron chi connectivity index (χ0n) is 12.6. The van der Waals surface area contributed by atoms with E-state index in [1.807, 2.05) is 0 Å². The van der Waals surface area contributed by atoms with E-state index in [0.29, 0.717) is 0 Å². The predicted octanol–water partition coefficient (Wildman–Crippen LogP) is 1.17. The molecule has 0 aromatic heterocycles. The fourth-order valence-corrected chi connectivity index (χ4v) is 3.30. The Morgan fingerprint density at radius 1 is 1.11 bits per heavy atom. The summed E-state index contributed by atoms with van der Waals surface area (Å²) in [6.07, 6.45) is 6.77. The maximum atomic E-state index is 5.05. The standard InChI is InChI=1S/C15H31N3O/c1-19-13-5-7-16-8-12-17-11-6-15(14-17)18-9-3-2-4-10-18/h15-16H,2-14H2,1H3. The number of rotatable bonds is 8. The van der Waals surface area contributed by atoms with Gasteiger partial charge in [-0.3, -0.25) is 4.90 Å². The van der Waals surface area contributed by atoms with Crippen LogP contribution in [0.5, 0.6) is 0 Å². The third-order valence-corrected chi connectivity index (χ3v) is 4.46. The number of nitrogens with one attached hydrogen (secondary N) is 1. The van der Waals surface area contributed by atoms with E-state index in [1.54, 1.807) is 7.11 Å². The average Bonchev–Trinajstić information content (AvgIpc) is 2.92. The molecule has 2 aliphatic heterocycles. The summed E-state index contributed by atoms with van der Waals surface area (Å²) in [5.41, 5.74) is 0. The summed E-state index contributed by atoms with van der Waals surface area (Å²) in [6.45, 7) is 9.54. The van der Waals surface area contributed by atoms with Gasteiger partial charge in [-0.1, -0.05) is 6.42 Å². The lowest BCUT2D eigenvalue weighted by molar-refractivity contribution is 0.162. The molecule has 0 aromatic carbocycles. The van der Waals surface area contributed by atoms with E-state index in [4.69, 9.17) is 4.74 Å². The van der Waals surface area contributed by atoms with Gasteiger partial charge in [-0.2, -0.15) is 0 Å². The number of likely N-dealkylation sites (tertiary alicyclic amines) is 2. The van der Waals surface area contributed by atoms with E-state index < -0.39 is 0 Å². The fraction of sp³-hybridized carbons (Fsp3) is 1.00. The van der Waals surface area contributed by atoms with Crippen molar-refractivity contribution < 1.29 is 4.74 Å². The fourth-order valence-electron chi connectivity index (χ4n) is 3.30. The van der Waals surface area contributed by atoms with Crippen LogP contribution in [0.25, 0.3) is 0 Å². The van der Waals surface area contributed by atoms with Crippen LogP contribution in [0.1, 0.15) is 32.1 Å². The Balaban J connectivity index is 1.52. The van der Waals surface area contributed by atoms with Gasteiger partial charge in [-0.25, -0.2) is 0 Å². The van der Waals surface area contributed by atoms with E-state index in [-0.39, 0.29) is 0 Å². The van der Waals surface area contributed by atoms with Crippen molar-refractivity contribution in [1.29, 1.82) is 0 Å². The van der Waals surface area contributed by atoms with Crippen LogP contribution >= 0.6 is 0 Å². The Labute approximate surface area is 118 Å². The number of ether oxygens (including phenoxy) is 1. The summed E-state index contributed by atoms with van der Waals surface area (Å²) in [7, 11) is 1.77. The van der Waals surface area contributed by atoms with Crippen LogP contribution in [0.15, 0.2) is 0 Å². The minimum absolute atomic E-state index is 0.841. The number of hydrogen-bond donors (Lipinski definition) is 1. The molecule has 0 spiro atoms. The largest absolute Gasteiger partial charge is 0.385 e. The molecule has 2 saturated heterocycles. The van der Waals surface area contributed by atoms with Gasteiger partial charge in [0, 0.05) is 39.4 Å². The molecule has 2 aliphatic rings. The van der Waals surface area contributed by atoms with Gasteiger partial charge in [0.2, 0.25) is 0 Å². The van der Waals surface area contributed by atoms with Crippen LogP contribution in [0, 0.1) is 0 Å². The molecule has 1 unspecified atom stereocenters. The molecule has 0 saturated carbocycles. The van der Waals surface area contributed by atoms with Crippen LogP contribution in [0.2, 0.25) is 0 Å². The summed E-state index contributed by atoms with van der Waals surface area (Å²) in [5.74, 6) is 0. The van der Waals surface area contributed by atoms with Gasteiger partial charge in [0.1, 0.15) is 0 Å². The summed E-state index contributed by atoms with van der Waals surface area (Å²) in [4.78, 5) is 5.36. The van der Waals surface area contributed by atoms with Gasteiger partial charge in [0.15, 0.2) is 0 Å². The minimum Gasteiger partial charge on any atom is -0.385 e. The Bertz CT molecular complexity index is 231.